The molecule has 2 aliphatic rings. The Hall–Kier alpha value is -1.53. The summed E-state index contributed by atoms with van der Waals surface area (Å²) in [4.78, 5) is 30.9. The van der Waals surface area contributed by atoms with E-state index in [0.717, 1.165) is 12.0 Å². The molecule has 0 unspecified atom stereocenters. The predicted octanol–water partition coefficient (Wildman–Crippen LogP) is 1.84. The van der Waals surface area contributed by atoms with E-state index in [9.17, 15) is 9.59 Å². The number of hydrogen-bond donors (Lipinski definition) is 1. The third kappa shape index (κ3) is 2.41. The summed E-state index contributed by atoms with van der Waals surface area (Å²) < 4.78 is 0. The highest BCUT2D eigenvalue weighted by Gasteiger charge is 2.47. The molecular formula is C14H16N2O3S. The van der Waals surface area contributed by atoms with Crippen LogP contribution in [0, 0.1) is 0 Å². The highest BCUT2D eigenvalue weighted by Crippen LogP contribution is 2.31. The zero-order chi connectivity index (χ0) is 14.1. The van der Waals surface area contributed by atoms with Gasteiger partial charge in [-0.2, -0.15) is 5.06 Å². The fourth-order valence-electron chi connectivity index (χ4n) is 2.77. The van der Waals surface area contributed by atoms with Crippen molar-refractivity contribution in [3.63, 3.8) is 0 Å². The van der Waals surface area contributed by atoms with Crippen molar-refractivity contribution in [2.45, 2.75) is 31.5 Å². The molecule has 2 amide bonds. The molecule has 2 fully saturated rings. The average Bonchev–Trinajstić information content (AvgIpc) is 2.70. The number of rotatable bonds is 4. The molecule has 1 aromatic carbocycles. The largest absolute Gasteiger partial charge is 0.344 e. The van der Waals surface area contributed by atoms with Gasteiger partial charge < -0.3 is 4.90 Å². The second-order valence-electron chi connectivity index (χ2n) is 5.10. The molecule has 0 aliphatic carbocycles. The van der Waals surface area contributed by atoms with Crippen molar-refractivity contribution in [3.8, 4) is 0 Å². The van der Waals surface area contributed by atoms with E-state index in [1.54, 1.807) is 4.90 Å². The Bertz CT molecular complexity index is 522. The molecule has 0 spiro atoms. The quantitative estimate of drug-likeness (QED) is 0.862. The number of piperidine rings is 1. The van der Waals surface area contributed by atoms with Crippen molar-refractivity contribution < 1.29 is 14.4 Å². The minimum Gasteiger partial charge on any atom is -0.310 e. The van der Waals surface area contributed by atoms with Crippen molar-refractivity contribution in [2.24, 2.45) is 0 Å². The van der Waals surface area contributed by atoms with Crippen LogP contribution in [0.2, 0.25) is 0 Å². The number of benzene rings is 1. The number of urea groups is 1. The first-order valence-electron chi connectivity index (χ1n) is 6.66. The van der Waals surface area contributed by atoms with Crippen molar-refractivity contribution >= 4 is 23.8 Å². The van der Waals surface area contributed by atoms with E-state index in [4.69, 9.17) is 4.84 Å². The van der Waals surface area contributed by atoms with Crippen molar-refractivity contribution in [3.05, 3.63) is 35.9 Å². The Morgan fingerprint density at radius 1 is 1.30 bits per heavy atom. The van der Waals surface area contributed by atoms with Crippen LogP contribution in [0.4, 0.5) is 4.79 Å². The molecule has 2 bridgehead atoms. The third-order valence-electron chi connectivity index (χ3n) is 3.82. The van der Waals surface area contributed by atoms with Gasteiger partial charge in [0.05, 0.1) is 6.04 Å². The number of thiol groups is 1. The fourth-order valence-corrected chi connectivity index (χ4v) is 3.04. The first-order valence-corrected chi connectivity index (χ1v) is 7.11. The molecule has 0 N–H and O–H groups in total. The number of fused-ring (bicyclic) bond motifs is 2. The highest BCUT2D eigenvalue weighted by atomic mass is 32.1. The fraction of sp³-hybridized carbons (Fsp3) is 0.429. The third-order valence-corrected chi connectivity index (χ3v) is 4.12. The second-order valence-corrected chi connectivity index (χ2v) is 5.55. The summed E-state index contributed by atoms with van der Waals surface area (Å²) >= 11 is 3.86. The Morgan fingerprint density at radius 3 is 2.75 bits per heavy atom. The van der Waals surface area contributed by atoms with Gasteiger partial charge in [-0.1, -0.05) is 30.3 Å². The molecule has 1 aromatic rings. The molecule has 3 rings (SSSR count). The molecule has 2 heterocycles. The maximum absolute atomic E-state index is 12.3. The number of carbonyl (C=O) groups is 2. The lowest BCUT2D eigenvalue weighted by molar-refractivity contribution is -0.140. The highest BCUT2D eigenvalue weighted by molar-refractivity contribution is 7.96. The van der Waals surface area contributed by atoms with Crippen molar-refractivity contribution in [2.75, 3.05) is 6.54 Å². The summed E-state index contributed by atoms with van der Waals surface area (Å²) in [5, 5.41) is 1.17. The summed E-state index contributed by atoms with van der Waals surface area (Å²) in [7, 11) is 0. The predicted molar refractivity (Wildman–Crippen MR) is 76.0 cm³/mol. The standard InChI is InChI=1S/C14H16N2O3S/c17-13(20)12-7-6-11-8-15(12)14(18)16(11)19-9-10-4-2-1-3-5-10/h1-5,11-12H,6-9H2,(H,17,20)/t11-,12+/m1/s1. The summed E-state index contributed by atoms with van der Waals surface area (Å²) in [5.74, 6) is 0. The summed E-state index contributed by atoms with van der Waals surface area (Å²) in [6.45, 7) is 0.904. The van der Waals surface area contributed by atoms with Crippen molar-refractivity contribution in [1.82, 2.24) is 9.96 Å². The molecule has 2 saturated heterocycles. The molecule has 0 saturated carbocycles. The molecule has 106 valence electrons. The number of carbonyl (C=O) groups excluding carboxylic acids is 2. The summed E-state index contributed by atoms with van der Waals surface area (Å²) in [6.07, 6.45) is 1.43. The molecular weight excluding hydrogens is 276 g/mol. The SMILES string of the molecule is O=C(S)[C@@H]1CC[C@@H]2CN1C(=O)N2OCc1ccccc1. The molecule has 2 aliphatic heterocycles. The van der Waals surface area contributed by atoms with Gasteiger partial charge in [-0.05, 0) is 18.4 Å². The smallest absolute Gasteiger partial charge is 0.310 e. The van der Waals surface area contributed by atoms with E-state index < -0.39 is 6.04 Å². The van der Waals surface area contributed by atoms with E-state index in [2.05, 4.69) is 12.6 Å². The maximum Gasteiger partial charge on any atom is 0.344 e. The molecule has 20 heavy (non-hydrogen) atoms. The van der Waals surface area contributed by atoms with Crippen LogP contribution in [0.15, 0.2) is 30.3 Å². The number of hydrogen-bond acceptors (Lipinski definition) is 3. The van der Waals surface area contributed by atoms with Gasteiger partial charge in [0.1, 0.15) is 12.6 Å². The van der Waals surface area contributed by atoms with Gasteiger partial charge in [-0.15, -0.1) is 12.6 Å². The minimum absolute atomic E-state index is 0.0372. The number of nitrogens with zero attached hydrogens (tertiary/aromatic N) is 2. The van der Waals surface area contributed by atoms with Crippen LogP contribution in [0.5, 0.6) is 0 Å². The molecule has 6 heteroatoms. The van der Waals surface area contributed by atoms with Gasteiger partial charge in [-0.3, -0.25) is 9.63 Å². The van der Waals surface area contributed by atoms with Crippen molar-refractivity contribution in [1.29, 1.82) is 0 Å². The Kier molecular flexibility index (Phi) is 3.67. The topological polar surface area (TPSA) is 49.9 Å². The summed E-state index contributed by atoms with van der Waals surface area (Å²) in [6, 6.07) is 9.11. The lowest BCUT2D eigenvalue weighted by Crippen LogP contribution is -2.43. The average molecular weight is 292 g/mol. The molecule has 2 atom stereocenters. The van der Waals surface area contributed by atoms with Gasteiger partial charge in [0.2, 0.25) is 5.12 Å². The van der Waals surface area contributed by atoms with Gasteiger partial charge in [-0.25, -0.2) is 4.79 Å². The zero-order valence-electron chi connectivity index (χ0n) is 10.9. The number of amides is 2. The van der Waals surface area contributed by atoms with Crippen LogP contribution in [-0.4, -0.2) is 39.7 Å². The Labute approximate surface area is 122 Å². The van der Waals surface area contributed by atoms with Crippen LogP contribution < -0.4 is 0 Å². The van der Waals surface area contributed by atoms with E-state index in [1.807, 2.05) is 30.3 Å². The lowest BCUT2D eigenvalue weighted by atomic mass is 10.0. The van der Waals surface area contributed by atoms with Gasteiger partial charge in [0.15, 0.2) is 0 Å². The van der Waals surface area contributed by atoms with Crippen LogP contribution in [-0.2, 0) is 16.2 Å². The minimum atomic E-state index is -0.410. The Balaban J connectivity index is 1.67. The van der Waals surface area contributed by atoms with Gasteiger partial charge in [0, 0.05) is 6.54 Å². The molecule has 0 aromatic heterocycles. The monoisotopic (exact) mass is 292 g/mol. The number of hydroxylamine groups is 2. The first kappa shape index (κ1) is 13.5. The van der Waals surface area contributed by atoms with Crippen LogP contribution in [0.3, 0.4) is 0 Å². The zero-order valence-corrected chi connectivity index (χ0v) is 11.8. The first-order chi connectivity index (χ1) is 9.66. The van der Waals surface area contributed by atoms with E-state index in [-0.39, 0.29) is 17.2 Å². The maximum atomic E-state index is 12.3. The normalized spacial score (nSPS) is 25.1. The lowest BCUT2D eigenvalue weighted by Gasteiger charge is -2.27. The molecule has 0 radical (unpaired) electrons. The van der Waals surface area contributed by atoms with Crippen LogP contribution in [0.1, 0.15) is 18.4 Å². The Morgan fingerprint density at radius 2 is 2.05 bits per heavy atom. The summed E-state index contributed by atoms with van der Waals surface area (Å²) in [5.41, 5.74) is 1.01. The van der Waals surface area contributed by atoms with Crippen LogP contribution in [0.25, 0.3) is 0 Å². The van der Waals surface area contributed by atoms with Gasteiger partial charge >= 0.3 is 6.03 Å². The molecule has 5 nitrogen and oxygen atoms in total. The second kappa shape index (κ2) is 5.46. The van der Waals surface area contributed by atoms with E-state index in [0.29, 0.717) is 19.6 Å². The van der Waals surface area contributed by atoms with E-state index in [1.165, 1.54) is 5.06 Å². The van der Waals surface area contributed by atoms with Gasteiger partial charge in [0.25, 0.3) is 0 Å². The van der Waals surface area contributed by atoms with Crippen LogP contribution >= 0.6 is 12.6 Å². The van der Waals surface area contributed by atoms with E-state index >= 15 is 0 Å².